The molecule has 0 radical (unpaired) electrons. The Hall–Kier alpha value is -1.02. The standard InChI is InChI=1S/C13H16ClNO/c1-13(6-2-3-7-13)12(16)9-4-5-11(15)10(14)8-9/h4-5,8H,2-3,6-7,15H2,1H3. The van der Waals surface area contributed by atoms with Gasteiger partial charge in [-0.25, -0.2) is 0 Å². The smallest absolute Gasteiger partial charge is 0.168 e. The van der Waals surface area contributed by atoms with Gasteiger partial charge in [0.1, 0.15) is 0 Å². The van der Waals surface area contributed by atoms with E-state index >= 15 is 0 Å². The predicted octanol–water partition coefficient (Wildman–Crippen LogP) is 3.69. The number of carbonyl (C=O) groups is 1. The van der Waals surface area contributed by atoms with Crippen molar-refractivity contribution in [3.63, 3.8) is 0 Å². The molecule has 0 spiro atoms. The molecule has 1 aliphatic rings. The number of ketones is 1. The first kappa shape index (κ1) is 11.5. The largest absolute Gasteiger partial charge is 0.398 e. The fourth-order valence-corrected chi connectivity index (χ4v) is 2.58. The molecule has 3 heteroatoms. The van der Waals surface area contributed by atoms with E-state index in [-0.39, 0.29) is 11.2 Å². The molecule has 0 aliphatic heterocycles. The minimum Gasteiger partial charge on any atom is -0.398 e. The van der Waals surface area contributed by atoms with Crippen LogP contribution in [0.4, 0.5) is 5.69 Å². The summed E-state index contributed by atoms with van der Waals surface area (Å²) in [5, 5.41) is 0.465. The highest BCUT2D eigenvalue weighted by Gasteiger charge is 2.36. The van der Waals surface area contributed by atoms with Crippen LogP contribution in [0, 0.1) is 5.41 Å². The molecule has 2 N–H and O–H groups in total. The Bertz CT molecular complexity index is 422. The zero-order valence-corrected chi connectivity index (χ0v) is 10.2. The van der Waals surface area contributed by atoms with Gasteiger partial charge in [-0.05, 0) is 31.0 Å². The molecule has 0 amide bonds. The normalized spacial score (nSPS) is 18.6. The fraction of sp³-hybridized carbons (Fsp3) is 0.462. The first-order valence-corrected chi connectivity index (χ1v) is 6.00. The number of nitrogen functional groups attached to an aromatic ring is 1. The molecule has 1 aliphatic carbocycles. The third-order valence-electron chi connectivity index (χ3n) is 3.52. The molecule has 1 aromatic rings. The van der Waals surface area contributed by atoms with Gasteiger partial charge in [-0.1, -0.05) is 31.4 Å². The summed E-state index contributed by atoms with van der Waals surface area (Å²) in [6.45, 7) is 2.05. The Morgan fingerprint density at radius 2 is 2.00 bits per heavy atom. The molecule has 86 valence electrons. The number of halogens is 1. The molecule has 1 saturated carbocycles. The molecule has 0 saturated heterocycles. The first-order chi connectivity index (χ1) is 7.53. The van der Waals surface area contributed by atoms with Crippen molar-refractivity contribution in [3.05, 3.63) is 28.8 Å². The van der Waals surface area contributed by atoms with Crippen molar-refractivity contribution in [2.75, 3.05) is 5.73 Å². The summed E-state index contributed by atoms with van der Waals surface area (Å²) in [5.41, 5.74) is 6.64. The summed E-state index contributed by atoms with van der Waals surface area (Å²) in [6.07, 6.45) is 4.25. The van der Waals surface area contributed by atoms with Crippen LogP contribution < -0.4 is 5.73 Å². The van der Waals surface area contributed by atoms with Crippen LogP contribution in [0.1, 0.15) is 43.0 Å². The Balaban J connectivity index is 2.30. The Morgan fingerprint density at radius 1 is 1.38 bits per heavy atom. The first-order valence-electron chi connectivity index (χ1n) is 5.63. The number of hydrogen-bond acceptors (Lipinski definition) is 2. The summed E-state index contributed by atoms with van der Waals surface area (Å²) >= 11 is 5.93. The van der Waals surface area contributed by atoms with Gasteiger partial charge in [0.15, 0.2) is 5.78 Å². The van der Waals surface area contributed by atoms with Gasteiger partial charge in [-0.15, -0.1) is 0 Å². The van der Waals surface area contributed by atoms with E-state index in [0.717, 1.165) is 25.7 Å². The second-order valence-corrected chi connectivity index (χ2v) is 5.24. The van der Waals surface area contributed by atoms with Gasteiger partial charge in [0.25, 0.3) is 0 Å². The Morgan fingerprint density at radius 3 is 2.56 bits per heavy atom. The van der Waals surface area contributed by atoms with Crippen molar-refractivity contribution in [2.45, 2.75) is 32.6 Å². The Labute approximate surface area is 101 Å². The fourth-order valence-electron chi connectivity index (χ4n) is 2.40. The zero-order chi connectivity index (χ0) is 11.8. The van der Waals surface area contributed by atoms with Crippen LogP contribution >= 0.6 is 11.6 Å². The van der Waals surface area contributed by atoms with Gasteiger partial charge >= 0.3 is 0 Å². The van der Waals surface area contributed by atoms with E-state index in [1.54, 1.807) is 18.2 Å². The number of benzene rings is 1. The highest BCUT2D eigenvalue weighted by molar-refractivity contribution is 6.33. The van der Waals surface area contributed by atoms with E-state index in [1.807, 2.05) is 6.92 Å². The summed E-state index contributed by atoms with van der Waals surface area (Å²) in [4.78, 5) is 12.3. The summed E-state index contributed by atoms with van der Waals surface area (Å²) in [5.74, 6) is 0.201. The zero-order valence-electron chi connectivity index (χ0n) is 9.42. The average Bonchev–Trinajstić information content (AvgIpc) is 2.70. The molecule has 0 unspecified atom stereocenters. The van der Waals surface area contributed by atoms with Gasteiger partial charge in [-0.2, -0.15) is 0 Å². The van der Waals surface area contributed by atoms with Crippen LogP contribution in [0.5, 0.6) is 0 Å². The summed E-state index contributed by atoms with van der Waals surface area (Å²) in [6, 6.07) is 5.16. The van der Waals surface area contributed by atoms with Crippen LogP contribution in [0.3, 0.4) is 0 Å². The van der Waals surface area contributed by atoms with Crippen molar-refractivity contribution in [3.8, 4) is 0 Å². The molecule has 0 heterocycles. The van der Waals surface area contributed by atoms with Crippen molar-refractivity contribution in [1.82, 2.24) is 0 Å². The second kappa shape index (κ2) is 4.10. The van der Waals surface area contributed by atoms with Gasteiger partial charge < -0.3 is 5.73 Å². The molecule has 2 rings (SSSR count). The van der Waals surface area contributed by atoms with Gasteiger partial charge in [0, 0.05) is 11.0 Å². The van der Waals surface area contributed by atoms with Crippen molar-refractivity contribution < 1.29 is 4.79 Å². The molecule has 2 nitrogen and oxygen atoms in total. The number of carbonyl (C=O) groups excluding carboxylic acids is 1. The van der Waals surface area contributed by atoms with E-state index in [4.69, 9.17) is 17.3 Å². The van der Waals surface area contributed by atoms with Crippen LogP contribution in [-0.2, 0) is 0 Å². The van der Waals surface area contributed by atoms with E-state index < -0.39 is 0 Å². The van der Waals surface area contributed by atoms with Crippen LogP contribution in [0.25, 0.3) is 0 Å². The lowest BCUT2D eigenvalue weighted by atomic mass is 9.81. The molecule has 0 bridgehead atoms. The molecular weight excluding hydrogens is 222 g/mol. The lowest BCUT2D eigenvalue weighted by molar-refractivity contribution is 0.0823. The van der Waals surface area contributed by atoms with Crippen molar-refractivity contribution in [1.29, 1.82) is 0 Å². The van der Waals surface area contributed by atoms with Gasteiger partial charge in [0.2, 0.25) is 0 Å². The quantitative estimate of drug-likeness (QED) is 0.630. The topological polar surface area (TPSA) is 43.1 Å². The minimum absolute atomic E-state index is 0.195. The van der Waals surface area contributed by atoms with Crippen molar-refractivity contribution in [2.24, 2.45) is 5.41 Å². The maximum atomic E-state index is 12.3. The van der Waals surface area contributed by atoms with Crippen LogP contribution in [0.2, 0.25) is 5.02 Å². The Kier molecular flexibility index (Phi) is 2.94. The number of rotatable bonds is 2. The molecule has 0 aromatic heterocycles. The molecule has 16 heavy (non-hydrogen) atoms. The lowest BCUT2D eigenvalue weighted by Gasteiger charge is -2.21. The average molecular weight is 238 g/mol. The number of Topliss-reactive ketones (excluding diaryl/α,β-unsaturated/α-hetero) is 1. The summed E-state index contributed by atoms with van der Waals surface area (Å²) in [7, 11) is 0. The molecular formula is C13H16ClNO. The number of anilines is 1. The van der Waals surface area contributed by atoms with Crippen molar-refractivity contribution >= 4 is 23.1 Å². The predicted molar refractivity (Wildman–Crippen MR) is 66.8 cm³/mol. The molecule has 0 atom stereocenters. The third-order valence-corrected chi connectivity index (χ3v) is 3.85. The van der Waals surface area contributed by atoms with Crippen LogP contribution in [-0.4, -0.2) is 5.78 Å². The highest BCUT2D eigenvalue weighted by atomic mass is 35.5. The highest BCUT2D eigenvalue weighted by Crippen LogP contribution is 2.40. The number of nitrogens with two attached hydrogens (primary N) is 1. The summed E-state index contributed by atoms with van der Waals surface area (Å²) < 4.78 is 0. The minimum atomic E-state index is -0.195. The third kappa shape index (κ3) is 1.94. The number of hydrogen-bond donors (Lipinski definition) is 1. The SMILES string of the molecule is CC1(C(=O)c2ccc(N)c(Cl)c2)CCCC1. The maximum Gasteiger partial charge on any atom is 0.168 e. The second-order valence-electron chi connectivity index (χ2n) is 4.83. The van der Waals surface area contributed by atoms with E-state index in [0.29, 0.717) is 16.3 Å². The van der Waals surface area contributed by atoms with E-state index in [2.05, 4.69) is 0 Å². The van der Waals surface area contributed by atoms with E-state index in [1.165, 1.54) is 0 Å². The maximum absolute atomic E-state index is 12.3. The molecule has 1 aromatic carbocycles. The molecule has 1 fully saturated rings. The monoisotopic (exact) mass is 237 g/mol. The van der Waals surface area contributed by atoms with E-state index in [9.17, 15) is 4.79 Å². The van der Waals surface area contributed by atoms with Gasteiger partial charge in [-0.3, -0.25) is 4.79 Å². The van der Waals surface area contributed by atoms with Crippen LogP contribution in [0.15, 0.2) is 18.2 Å². The lowest BCUT2D eigenvalue weighted by Crippen LogP contribution is -2.24. The van der Waals surface area contributed by atoms with Gasteiger partial charge in [0.05, 0.1) is 10.7 Å².